The summed E-state index contributed by atoms with van der Waals surface area (Å²) < 4.78 is 15.4. The summed E-state index contributed by atoms with van der Waals surface area (Å²) >= 11 is 0.998. The maximum Gasteiger partial charge on any atom is 0.413 e. The van der Waals surface area contributed by atoms with E-state index < -0.39 is 35.9 Å². The quantitative estimate of drug-likeness (QED) is 0.109. The highest BCUT2D eigenvalue weighted by atomic mass is 32.1. The second kappa shape index (κ2) is 14.7. The molecule has 16 heteroatoms. The van der Waals surface area contributed by atoms with E-state index in [2.05, 4.69) is 33.9 Å². The highest BCUT2D eigenvalue weighted by molar-refractivity contribution is 7.14. The number of ether oxygens (including phenoxy) is 3. The Morgan fingerprint density at radius 2 is 1.82 bits per heavy atom. The first kappa shape index (κ1) is 31.6. The van der Waals surface area contributed by atoms with Gasteiger partial charge in [-0.25, -0.2) is 29.4 Å². The molecule has 230 valence electrons. The van der Waals surface area contributed by atoms with Gasteiger partial charge in [-0.3, -0.25) is 14.9 Å². The number of anilines is 1. The molecule has 2 aliphatic rings. The summed E-state index contributed by atoms with van der Waals surface area (Å²) in [4.78, 5) is 73.5. The number of hydrogen-bond acceptors (Lipinski definition) is 13. The second-order valence-electron chi connectivity index (χ2n) is 8.97. The van der Waals surface area contributed by atoms with Gasteiger partial charge in [0.15, 0.2) is 16.5 Å². The summed E-state index contributed by atoms with van der Waals surface area (Å²) in [6.45, 7) is 6.51. The predicted octanol–water partition coefficient (Wildman–Crippen LogP) is 1.51. The molecule has 0 radical (unpaired) electrons. The number of nitrogens with one attached hydrogen (secondary N) is 2. The fourth-order valence-corrected chi connectivity index (χ4v) is 4.82. The molecule has 44 heavy (non-hydrogen) atoms. The van der Waals surface area contributed by atoms with Crippen LogP contribution in [0.1, 0.15) is 11.3 Å². The van der Waals surface area contributed by atoms with Crippen LogP contribution < -0.4 is 10.6 Å². The van der Waals surface area contributed by atoms with Crippen molar-refractivity contribution in [3.8, 4) is 0 Å². The van der Waals surface area contributed by atoms with Crippen LogP contribution in [0.15, 0.2) is 77.4 Å². The minimum Gasteiger partial charge on any atom is -0.457 e. The van der Waals surface area contributed by atoms with E-state index in [1.807, 2.05) is 6.07 Å². The molecule has 1 fully saturated rings. The number of rotatable bonds is 13. The predicted molar refractivity (Wildman–Crippen MR) is 156 cm³/mol. The number of esters is 2. The maximum atomic E-state index is 13.5. The Kier molecular flexibility index (Phi) is 10.6. The lowest BCUT2D eigenvalue weighted by molar-refractivity contribution is -0.147. The normalized spacial score (nSPS) is 16.2. The van der Waals surface area contributed by atoms with E-state index in [1.54, 1.807) is 24.3 Å². The lowest BCUT2D eigenvalue weighted by Crippen LogP contribution is -2.46. The van der Waals surface area contributed by atoms with E-state index in [0.29, 0.717) is 0 Å². The number of thiazole rings is 1. The molecule has 0 aliphatic carbocycles. The molecule has 15 nitrogen and oxygen atoms in total. The molecule has 1 aromatic heterocycles. The molecule has 1 atom stereocenters. The number of nitrogens with zero attached hydrogens (tertiary/aromatic N) is 4. The lowest BCUT2D eigenvalue weighted by Gasteiger charge is -2.20. The van der Waals surface area contributed by atoms with Gasteiger partial charge in [-0.1, -0.05) is 60.8 Å². The molecular formula is C28H28N6O9S. The van der Waals surface area contributed by atoms with Gasteiger partial charge in [0.1, 0.15) is 38.7 Å². The molecular weight excluding hydrogens is 596 g/mol. The van der Waals surface area contributed by atoms with Gasteiger partial charge in [-0.2, -0.15) is 0 Å². The number of amides is 3. The Morgan fingerprint density at radius 3 is 2.52 bits per heavy atom. The maximum absolute atomic E-state index is 13.5. The smallest absolute Gasteiger partial charge is 0.413 e. The minimum atomic E-state index is -1.14. The second-order valence-corrected chi connectivity index (χ2v) is 9.83. The Labute approximate surface area is 255 Å². The first-order valence-corrected chi connectivity index (χ1v) is 13.9. The number of hydrazine groups is 1. The van der Waals surface area contributed by atoms with Gasteiger partial charge in [0.25, 0.3) is 11.8 Å². The Hall–Kier alpha value is -5.35. The summed E-state index contributed by atoms with van der Waals surface area (Å²) in [7, 11) is 1.22. The first-order valence-electron chi connectivity index (χ1n) is 13.0. The van der Waals surface area contributed by atoms with Crippen molar-refractivity contribution in [3.05, 3.63) is 83.5 Å². The molecule has 2 aliphatic heterocycles. The van der Waals surface area contributed by atoms with Crippen LogP contribution in [-0.4, -0.2) is 90.0 Å². The van der Waals surface area contributed by atoms with Gasteiger partial charge in [0.05, 0.1) is 12.1 Å². The Morgan fingerprint density at radius 1 is 1.09 bits per heavy atom. The molecule has 2 N–H and O–H groups in total. The van der Waals surface area contributed by atoms with Crippen LogP contribution in [0.3, 0.4) is 0 Å². The van der Waals surface area contributed by atoms with E-state index in [9.17, 15) is 24.0 Å². The van der Waals surface area contributed by atoms with Crippen molar-refractivity contribution in [1.82, 2.24) is 20.3 Å². The van der Waals surface area contributed by atoms with Crippen molar-refractivity contribution in [3.63, 3.8) is 0 Å². The van der Waals surface area contributed by atoms with Gasteiger partial charge in [0, 0.05) is 11.9 Å². The molecule has 1 aromatic carbocycles. The van der Waals surface area contributed by atoms with Gasteiger partial charge >= 0.3 is 18.0 Å². The van der Waals surface area contributed by atoms with Crippen LogP contribution in [0.25, 0.3) is 0 Å². The summed E-state index contributed by atoms with van der Waals surface area (Å²) in [5.74, 6) is -3.24. The van der Waals surface area contributed by atoms with E-state index in [0.717, 1.165) is 21.9 Å². The van der Waals surface area contributed by atoms with Crippen LogP contribution in [0.2, 0.25) is 0 Å². The number of aromatic nitrogens is 1. The largest absolute Gasteiger partial charge is 0.457 e. The standard InChI is InChI=1S/C28H28N6O9S/c1-4-11-41-26(38)22-18(25(37)43-15-17-9-7-6-8-10-17)13-33-14-19(24(36)34(22)33)29-23(35)21(32-40-3)20-16-44-27(30-20)31-28(39)42-12-5-2/h4-10,16,19H,1-2,11-15H2,3H3,(H,29,35)(H,30,31,39)/b32-21+. The zero-order valence-electron chi connectivity index (χ0n) is 23.5. The average Bonchev–Trinajstić information content (AvgIpc) is 3.72. The lowest BCUT2D eigenvalue weighted by atomic mass is 10.1. The SMILES string of the molecule is C=CCOC(=O)Nc1nc(/C(=N\OC)C(=O)NC2CN3CC(C(=O)OCc4ccccc4)=C(C(=O)OCC=C)N3C2=O)cs1. The minimum absolute atomic E-state index is 0.00838. The highest BCUT2D eigenvalue weighted by Gasteiger charge is 2.50. The van der Waals surface area contributed by atoms with Crippen LogP contribution >= 0.6 is 11.3 Å². The number of benzene rings is 1. The topological polar surface area (TPSA) is 178 Å². The fraction of sp³-hybridized carbons (Fsp3) is 0.250. The fourth-order valence-electron chi connectivity index (χ4n) is 4.14. The summed E-state index contributed by atoms with van der Waals surface area (Å²) in [6, 6.07) is 7.81. The number of carbonyl (C=O) groups excluding carboxylic acids is 5. The van der Waals surface area contributed by atoms with Crippen molar-refractivity contribution in [2.45, 2.75) is 12.6 Å². The third-order valence-electron chi connectivity index (χ3n) is 6.00. The van der Waals surface area contributed by atoms with Gasteiger partial charge in [0.2, 0.25) is 0 Å². The average molecular weight is 625 g/mol. The van der Waals surface area contributed by atoms with Crippen molar-refractivity contribution in [1.29, 1.82) is 0 Å². The van der Waals surface area contributed by atoms with Gasteiger partial charge in [-0.15, -0.1) is 11.3 Å². The first-order chi connectivity index (χ1) is 21.3. The third kappa shape index (κ3) is 7.34. The summed E-state index contributed by atoms with van der Waals surface area (Å²) in [6.07, 6.45) is 1.96. The van der Waals surface area contributed by atoms with E-state index in [1.165, 1.54) is 29.7 Å². The molecule has 2 aromatic rings. The molecule has 3 amide bonds. The molecule has 1 saturated heterocycles. The van der Waals surface area contributed by atoms with Crippen molar-refractivity contribution < 1.29 is 43.0 Å². The third-order valence-corrected chi connectivity index (χ3v) is 6.75. The van der Waals surface area contributed by atoms with Gasteiger partial charge in [-0.05, 0) is 5.56 Å². The van der Waals surface area contributed by atoms with Crippen LogP contribution in [-0.2, 0) is 44.8 Å². The van der Waals surface area contributed by atoms with Crippen LogP contribution in [0.4, 0.5) is 9.93 Å². The van der Waals surface area contributed by atoms with E-state index in [4.69, 9.17) is 19.0 Å². The molecule has 1 unspecified atom stereocenters. The molecule has 4 rings (SSSR count). The Balaban J connectivity index is 1.49. The van der Waals surface area contributed by atoms with E-state index in [-0.39, 0.29) is 60.7 Å². The molecule has 3 heterocycles. The molecule has 0 spiro atoms. The number of fused-ring (bicyclic) bond motifs is 1. The Bertz CT molecular complexity index is 1520. The summed E-state index contributed by atoms with van der Waals surface area (Å²) in [5, 5.41) is 12.7. The number of carbonyl (C=O) groups is 5. The number of hydrogen-bond donors (Lipinski definition) is 2. The summed E-state index contributed by atoms with van der Waals surface area (Å²) in [5.41, 5.74) is 0.132. The monoisotopic (exact) mass is 624 g/mol. The molecule has 0 bridgehead atoms. The van der Waals surface area contributed by atoms with Crippen molar-refractivity contribution >= 4 is 52.0 Å². The van der Waals surface area contributed by atoms with E-state index >= 15 is 0 Å². The van der Waals surface area contributed by atoms with Crippen LogP contribution in [0, 0.1) is 0 Å². The zero-order chi connectivity index (χ0) is 31.6. The number of oxime groups is 1. The van der Waals surface area contributed by atoms with Crippen molar-refractivity contribution in [2.75, 3.05) is 38.7 Å². The molecule has 0 saturated carbocycles. The van der Waals surface area contributed by atoms with Crippen LogP contribution in [0.5, 0.6) is 0 Å². The van der Waals surface area contributed by atoms with Crippen molar-refractivity contribution in [2.24, 2.45) is 5.16 Å². The zero-order valence-corrected chi connectivity index (χ0v) is 24.3. The van der Waals surface area contributed by atoms with Gasteiger partial charge < -0.3 is 24.4 Å². The highest BCUT2D eigenvalue weighted by Crippen LogP contribution is 2.31.